The highest BCUT2D eigenvalue weighted by atomic mass is 16.5. The minimum absolute atomic E-state index is 0.0962. The molecule has 5 nitrogen and oxygen atoms in total. The quantitative estimate of drug-likeness (QED) is 0.267. The molecule has 0 saturated heterocycles. The Morgan fingerprint density at radius 3 is 2.03 bits per heavy atom. The van der Waals surface area contributed by atoms with Crippen LogP contribution in [0.25, 0.3) is 11.1 Å². The third-order valence-electron chi connectivity index (χ3n) is 7.02. The number of rotatable bonds is 11. The second-order valence-electron chi connectivity index (χ2n) is 11.9. The molecule has 0 saturated carbocycles. The fourth-order valence-electron chi connectivity index (χ4n) is 4.96. The van der Waals surface area contributed by atoms with Crippen LogP contribution in [0.1, 0.15) is 86.0 Å². The monoisotopic (exact) mass is 529 g/mol. The number of hydrogen-bond donors (Lipinski definition) is 2. The first kappa shape index (κ1) is 29.9. The van der Waals surface area contributed by atoms with Crippen LogP contribution in [0, 0.1) is 19.8 Å². The molecule has 0 spiro atoms. The predicted octanol–water partition coefficient (Wildman–Crippen LogP) is 7.68. The van der Waals surface area contributed by atoms with Crippen LogP contribution < -0.4 is 10.1 Å². The van der Waals surface area contributed by atoms with Gasteiger partial charge in [0.25, 0.3) is 5.91 Å². The lowest BCUT2D eigenvalue weighted by Crippen LogP contribution is -2.26. The molecule has 0 aromatic heterocycles. The Kier molecular flexibility index (Phi) is 9.96. The lowest BCUT2D eigenvalue weighted by atomic mass is 9.85. The molecule has 2 N–H and O–H groups in total. The number of aryl methyl sites for hydroxylation is 2. The van der Waals surface area contributed by atoms with Crippen molar-refractivity contribution >= 4 is 11.9 Å². The second-order valence-corrected chi connectivity index (χ2v) is 11.9. The van der Waals surface area contributed by atoms with Crippen molar-refractivity contribution in [1.82, 2.24) is 5.32 Å². The number of nitrogens with one attached hydrogen (secondary N) is 1. The van der Waals surface area contributed by atoms with Gasteiger partial charge in [-0.15, -0.1) is 0 Å². The summed E-state index contributed by atoms with van der Waals surface area (Å²) in [6, 6.07) is 20.7. The van der Waals surface area contributed by atoms with Gasteiger partial charge >= 0.3 is 5.97 Å². The zero-order valence-corrected chi connectivity index (χ0v) is 24.4. The van der Waals surface area contributed by atoms with Crippen molar-refractivity contribution in [3.8, 4) is 16.9 Å². The van der Waals surface area contributed by atoms with E-state index in [0.29, 0.717) is 18.1 Å². The molecule has 0 heterocycles. The van der Waals surface area contributed by atoms with Gasteiger partial charge in [-0.1, -0.05) is 71.0 Å². The lowest BCUT2D eigenvalue weighted by molar-refractivity contribution is -0.136. The Hall–Kier alpha value is -3.60. The van der Waals surface area contributed by atoms with E-state index >= 15 is 0 Å². The molecule has 1 atom stereocenters. The Labute approximate surface area is 233 Å². The first-order valence-corrected chi connectivity index (χ1v) is 13.8. The first-order chi connectivity index (χ1) is 18.3. The van der Waals surface area contributed by atoms with Gasteiger partial charge in [0.2, 0.25) is 0 Å². The van der Waals surface area contributed by atoms with Crippen LogP contribution in [0.2, 0.25) is 0 Å². The molecule has 0 fully saturated rings. The van der Waals surface area contributed by atoms with E-state index in [1.54, 1.807) is 12.1 Å². The average Bonchev–Trinajstić information content (AvgIpc) is 2.85. The Bertz CT molecular complexity index is 1250. The number of carbonyl (C=O) groups excluding carboxylic acids is 1. The van der Waals surface area contributed by atoms with E-state index in [-0.39, 0.29) is 30.2 Å². The van der Waals surface area contributed by atoms with E-state index in [1.165, 1.54) is 27.8 Å². The van der Waals surface area contributed by atoms with Crippen molar-refractivity contribution in [1.29, 1.82) is 0 Å². The lowest BCUT2D eigenvalue weighted by Gasteiger charge is -2.22. The molecule has 1 amide bonds. The summed E-state index contributed by atoms with van der Waals surface area (Å²) in [5.74, 6) is 0.331. The number of hydrogen-bond acceptors (Lipinski definition) is 3. The zero-order valence-electron chi connectivity index (χ0n) is 24.4. The topological polar surface area (TPSA) is 75.6 Å². The van der Waals surface area contributed by atoms with Gasteiger partial charge in [0.1, 0.15) is 5.75 Å². The van der Waals surface area contributed by atoms with E-state index in [9.17, 15) is 9.59 Å². The largest absolute Gasteiger partial charge is 0.493 e. The van der Waals surface area contributed by atoms with Crippen LogP contribution in [0.15, 0.2) is 60.7 Å². The maximum atomic E-state index is 12.3. The van der Waals surface area contributed by atoms with Gasteiger partial charge < -0.3 is 15.2 Å². The normalized spacial score (nSPS) is 12.3. The molecule has 0 aliphatic heterocycles. The van der Waals surface area contributed by atoms with Crippen LogP contribution >= 0.6 is 0 Å². The number of benzene rings is 3. The Morgan fingerprint density at radius 1 is 0.923 bits per heavy atom. The van der Waals surface area contributed by atoms with Crippen LogP contribution in [0.5, 0.6) is 5.75 Å². The van der Waals surface area contributed by atoms with E-state index in [2.05, 4.69) is 90.2 Å². The van der Waals surface area contributed by atoms with E-state index in [4.69, 9.17) is 9.84 Å². The summed E-state index contributed by atoms with van der Waals surface area (Å²) in [4.78, 5) is 23.0. The molecule has 1 unspecified atom stereocenters. The van der Waals surface area contributed by atoms with Crippen molar-refractivity contribution in [3.63, 3.8) is 0 Å². The number of carbonyl (C=O) groups is 2. The molecular formula is C34H43NO4. The van der Waals surface area contributed by atoms with Crippen molar-refractivity contribution in [3.05, 3.63) is 88.5 Å². The van der Waals surface area contributed by atoms with Crippen LogP contribution in [-0.2, 0) is 10.2 Å². The molecular weight excluding hydrogens is 486 g/mol. The molecule has 0 bridgehead atoms. The molecule has 208 valence electrons. The van der Waals surface area contributed by atoms with Gasteiger partial charge in [-0.05, 0) is 89.2 Å². The second kappa shape index (κ2) is 13.0. The number of aliphatic carboxylic acids is 1. The van der Waals surface area contributed by atoms with E-state index < -0.39 is 5.97 Å². The minimum Gasteiger partial charge on any atom is -0.493 e. The molecule has 5 heteroatoms. The van der Waals surface area contributed by atoms with Crippen LogP contribution in [0.4, 0.5) is 0 Å². The third-order valence-corrected chi connectivity index (χ3v) is 7.02. The predicted molar refractivity (Wildman–Crippen MR) is 159 cm³/mol. The fourth-order valence-corrected chi connectivity index (χ4v) is 4.96. The summed E-state index contributed by atoms with van der Waals surface area (Å²) in [6.07, 6.45) is 0.862. The van der Waals surface area contributed by atoms with E-state index in [0.717, 1.165) is 17.7 Å². The minimum atomic E-state index is -0.933. The van der Waals surface area contributed by atoms with Gasteiger partial charge in [0.15, 0.2) is 0 Å². The first-order valence-electron chi connectivity index (χ1n) is 13.8. The van der Waals surface area contributed by atoms with Crippen molar-refractivity contribution < 1.29 is 19.4 Å². The third kappa shape index (κ3) is 8.44. The van der Waals surface area contributed by atoms with Crippen LogP contribution in [-0.4, -0.2) is 30.1 Å². The maximum Gasteiger partial charge on any atom is 0.305 e. The SMILES string of the molecule is Cc1cc(OCC(CC(C)C)c2ccc(C(=O)NCCC(=O)O)cc2)cc(C)c1-c1ccc(C(C)(C)C)cc1. The van der Waals surface area contributed by atoms with Crippen LogP contribution in [0.3, 0.4) is 0 Å². The number of carboxylic acids is 1. The van der Waals surface area contributed by atoms with Gasteiger partial charge in [-0.3, -0.25) is 9.59 Å². The smallest absolute Gasteiger partial charge is 0.305 e. The Morgan fingerprint density at radius 2 is 1.51 bits per heavy atom. The summed E-state index contributed by atoms with van der Waals surface area (Å²) in [6.45, 7) is 16.0. The molecule has 0 aliphatic carbocycles. The molecule has 0 radical (unpaired) electrons. The van der Waals surface area contributed by atoms with Gasteiger partial charge in [0, 0.05) is 18.0 Å². The maximum absolute atomic E-state index is 12.3. The average molecular weight is 530 g/mol. The van der Waals surface area contributed by atoms with Crippen molar-refractivity contribution in [2.75, 3.05) is 13.2 Å². The summed E-state index contributed by atoms with van der Waals surface area (Å²) in [5.41, 5.74) is 7.93. The highest BCUT2D eigenvalue weighted by Crippen LogP contribution is 2.34. The van der Waals surface area contributed by atoms with Gasteiger partial charge in [0.05, 0.1) is 13.0 Å². The highest BCUT2D eigenvalue weighted by molar-refractivity contribution is 5.94. The van der Waals surface area contributed by atoms with Crippen molar-refractivity contribution in [2.45, 2.75) is 72.6 Å². The summed E-state index contributed by atoms with van der Waals surface area (Å²) in [7, 11) is 0. The van der Waals surface area contributed by atoms with Crippen molar-refractivity contribution in [2.24, 2.45) is 5.92 Å². The standard InChI is InChI=1S/C34H43NO4/c1-22(2)18-28(25-8-10-27(11-9-25)33(38)35-17-16-31(36)37)21-39-30-19-23(3)32(24(4)20-30)26-12-14-29(15-13-26)34(5,6)7/h8-15,19-20,22,28H,16-18,21H2,1-7H3,(H,35,38)(H,36,37). The van der Waals surface area contributed by atoms with Gasteiger partial charge in [-0.25, -0.2) is 0 Å². The number of carboxylic acid groups (broad SMARTS) is 1. The number of amides is 1. The Balaban J connectivity index is 1.72. The highest BCUT2D eigenvalue weighted by Gasteiger charge is 2.18. The van der Waals surface area contributed by atoms with Gasteiger partial charge in [-0.2, -0.15) is 0 Å². The molecule has 3 aromatic rings. The molecule has 3 rings (SSSR count). The summed E-state index contributed by atoms with van der Waals surface area (Å²) >= 11 is 0. The fraction of sp³-hybridized carbons (Fsp3) is 0.412. The molecule has 0 aliphatic rings. The zero-order chi connectivity index (χ0) is 28.7. The van der Waals surface area contributed by atoms with E-state index in [1.807, 2.05) is 12.1 Å². The number of ether oxygens (including phenoxy) is 1. The summed E-state index contributed by atoms with van der Waals surface area (Å²) in [5, 5.41) is 11.4. The molecule has 3 aromatic carbocycles. The summed E-state index contributed by atoms with van der Waals surface area (Å²) < 4.78 is 6.36. The molecule has 39 heavy (non-hydrogen) atoms.